The summed E-state index contributed by atoms with van der Waals surface area (Å²) < 4.78 is 13.5. The second kappa shape index (κ2) is 4.28. The highest BCUT2D eigenvalue weighted by Crippen LogP contribution is 2.23. The SMILES string of the molecule is Cc1c(F)cccc1Nc1nc2ccc(N)cc2[nH]1. The van der Waals surface area contributed by atoms with Crippen molar-refractivity contribution in [1.29, 1.82) is 0 Å². The third kappa shape index (κ3) is 2.10. The Bertz CT molecular complexity index is 748. The first kappa shape index (κ1) is 11.5. The van der Waals surface area contributed by atoms with Crippen LogP contribution in [0.2, 0.25) is 0 Å². The molecular formula is C14H13FN4. The van der Waals surface area contributed by atoms with Gasteiger partial charge in [-0.2, -0.15) is 0 Å². The van der Waals surface area contributed by atoms with Crippen molar-refractivity contribution in [1.82, 2.24) is 9.97 Å². The number of halogens is 1. The van der Waals surface area contributed by atoms with E-state index in [0.717, 1.165) is 11.0 Å². The summed E-state index contributed by atoms with van der Waals surface area (Å²) in [4.78, 5) is 7.48. The highest BCUT2D eigenvalue weighted by atomic mass is 19.1. The highest BCUT2D eigenvalue weighted by molar-refractivity contribution is 5.81. The number of imidazole rings is 1. The fraction of sp³-hybridized carbons (Fsp3) is 0.0714. The van der Waals surface area contributed by atoms with Crippen LogP contribution in [-0.4, -0.2) is 9.97 Å². The average molecular weight is 256 g/mol. The molecule has 0 radical (unpaired) electrons. The monoisotopic (exact) mass is 256 g/mol. The summed E-state index contributed by atoms with van der Waals surface area (Å²) >= 11 is 0. The molecule has 0 aliphatic rings. The van der Waals surface area contributed by atoms with Crippen LogP contribution >= 0.6 is 0 Å². The molecule has 3 aromatic rings. The summed E-state index contributed by atoms with van der Waals surface area (Å²) in [5, 5.41) is 3.07. The molecule has 5 heteroatoms. The largest absolute Gasteiger partial charge is 0.399 e. The van der Waals surface area contributed by atoms with Gasteiger partial charge in [0.25, 0.3) is 0 Å². The number of rotatable bonds is 2. The van der Waals surface area contributed by atoms with E-state index in [9.17, 15) is 4.39 Å². The molecule has 19 heavy (non-hydrogen) atoms. The van der Waals surface area contributed by atoms with E-state index < -0.39 is 0 Å². The molecule has 0 spiro atoms. The fourth-order valence-corrected chi connectivity index (χ4v) is 1.96. The molecule has 0 aliphatic heterocycles. The zero-order valence-electron chi connectivity index (χ0n) is 10.4. The van der Waals surface area contributed by atoms with Gasteiger partial charge in [0.15, 0.2) is 0 Å². The van der Waals surface area contributed by atoms with Gasteiger partial charge in [0.05, 0.1) is 11.0 Å². The number of hydrogen-bond donors (Lipinski definition) is 3. The summed E-state index contributed by atoms with van der Waals surface area (Å²) in [5.41, 5.74) is 9.28. The van der Waals surface area contributed by atoms with Crippen LogP contribution in [0.25, 0.3) is 11.0 Å². The van der Waals surface area contributed by atoms with Gasteiger partial charge in [-0.05, 0) is 37.3 Å². The molecule has 1 heterocycles. The van der Waals surface area contributed by atoms with Crippen molar-refractivity contribution >= 4 is 28.4 Å². The van der Waals surface area contributed by atoms with Gasteiger partial charge in [0.1, 0.15) is 5.82 Å². The summed E-state index contributed by atoms with van der Waals surface area (Å²) in [7, 11) is 0. The van der Waals surface area contributed by atoms with Crippen LogP contribution in [0.5, 0.6) is 0 Å². The van der Waals surface area contributed by atoms with E-state index in [1.54, 1.807) is 25.1 Å². The molecule has 0 saturated heterocycles. The Hall–Kier alpha value is -2.56. The standard InChI is InChI=1S/C14H13FN4/c1-8-10(15)3-2-4-11(8)17-14-18-12-6-5-9(16)7-13(12)19-14/h2-7H,16H2,1H3,(H2,17,18,19). The van der Waals surface area contributed by atoms with E-state index in [1.165, 1.54) is 6.07 Å². The van der Waals surface area contributed by atoms with Crippen LogP contribution in [0, 0.1) is 12.7 Å². The predicted octanol–water partition coefficient (Wildman–Crippen LogP) is 3.34. The van der Waals surface area contributed by atoms with E-state index in [0.29, 0.717) is 22.9 Å². The molecule has 0 aliphatic carbocycles. The Morgan fingerprint density at radius 2 is 2.11 bits per heavy atom. The zero-order valence-corrected chi connectivity index (χ0v) is 10.4. The molecule has 2 aromatic carbocycles. The minimum absolute atomic E-state index is 0.245. The average Bonchev–Trinajstić information content (AvgIpc) is 2.76. The minimum atomic E-state index is -0.245. The number of anilines is 3. The van der Waals surface area contributed by atoms with Crippen molar-refractivity contribution < 1.29 is 4.39 Å². The summed E-state index contributed by atoms with van der Waals surface area (Å²) in [6.07, 6.45) is 0. The van der Waals surface area contributed by atoms with Gasteiger partial charge in [-0.1, -0.05) is 6.07 Å². The first-order chi connectivity index (χ1) is 9.13. The number of aromatic amines is 1. The lowest BCUT2D eigenvalue weighted by Crippen LogP contribution is -1.96. The Balaban J connectivity index is 1.99. The van der Waals surface area contributed by atoms with E-state index in [1.807, 2.05) is 12.1 Å². The number of benzene rings is 2. The van der Waals surface area contributed by atoms with Gasteiger partial charge >= 0.3 is 0 Å². The molecule has 4 N–H and O–H groups in total. The van der Waals surface area contributed by atoms with Gasteiger partial charge in [-0.15, -0.1) is 0 Å². The number of hydrogen-bond acceptors (Lipinski definition) is 3. The number of nitrogens with one attached hydrogen (secondary N) is 2. The molecule has 0 fully saturated rings. The maximum atomic E-state index is 13.5. The van der Waals surface area contributed by atoms with Gasteiger partial charge in [0, 0.05) is 16.9 Å². The molecule has 4 nitrogen and oxygen atoms in total. The number of aromatic nitrogens is 2. The zero-order chi connectivity index (χ0) is 13.4. The minimum Gasteiger partial charge on any atom is -0.399 e. The van der Waals surface area contributed by atoms with Crippen LogP contribution in [0.3, 0.4) is 0 Å². The normalized spacial score (nSPS) is 10.8. The smallest absolute Gasteiger partial charge is 0.205 e. The first-order valence-corrected chi connectivity index (χ1v) is 5.91. The second-order valence-corrected chi connectivity index (χ2v) is 4.40. The van der Waals surface area contributed by atoms with Crippen molar-refractivity contribution in [2.75, 3.05) is 11.1 Å². The highest BCUT2D eigenvalue weighted by Gasteiger charge is 2.07. The Morgan fingerprint density at radius 1 is 1.26 bits per heavy atom. The number of nitrogens with zero attached hydrogens (tertiary/aromatic N) is 1. The van der Waals surface area contributed by atoms with Crippen LogP contribution in [-0.2, 0) is 0 Å². The summed E-state index contributed by atoms with van der Waals surface area (Å²) in [6, 6.07) is 10.3. The van der Waals surface area contributed by atoms with E-state index in [2.05, 4.69) is 15.3 Å². The van der Waals surface area contributed by atoms with Gasteiger partial charge in [0.2, 0.25) is 5.95 Å². The quantitative estimate of drug-likeness (QED) is 0.616. The fourth-order valence-electron chi connectivity index (χ4n) is 1.96. The molecule has 1 aromatic heterocycles. The molecule has 0 atom stereocenters. The lowest BCUT2D eigenvalue weighted by Gasteiger charge is -2.06. The summed E-state index contributed by atoms with van der Waals surface area (Å²) in [5.74, 6) is 0.319. The topological polar surface area (TPSA) is 66.7 Å². The summed E-state index contributed by atoms with van der Waals surface area (Å²) in [6.45, 7) is 1.72. The van der Waals surface area contributed by atoms with Gasteiger partial charge < -0.3 is 16.0 Å². The first-order valence-electron chi connectivity index (χ1n) is 5.91. The molecule has 0 unspecified atom stereocenters. The molecule has 3 rings (SSSR count). The van der Waals surface area contributed by atoms with Crippen LogP contribution in [0.4, 0.5) is 21.7 Å². The number of nitrogen functional groups attached to an aromatic ring is 1. The molecule has 0 bridgehead atoms. The van der Waals surface area contributed by atoms with E-state index in [4.69, 9.17) is 5.73 Å². The number of fused-ring (bicyclic) bond motifs is 1. The molecular weight excluding hydrogens is 243 g/mol. The Kier molecular flexibility index (Phi) is 2.59. The molecule has 96 valence electrons. The van der Waals surface area contributed by atoms with Crippen molar-refractivity contribution in [3.8, 4) is 0 Å². The maximum absolute atomic E-state index is 13.5. The van der Waals surface area contributed by atoms with Gasteiger partial charge in [-0.3, -0.25) is 0 Å². The molecule has 0 saturated carbocycles. The van der Waals surface area contributed by atoms with Gasteiger partial charge in [-0.25, -0.2) is 9.37 Å². The van der Waals surface area contributed by atoms with Crippen molar-refractivity contribution in [3.63, 3.8) is 0 Å². The van der Waals surface area contributed by atoms with E-state index >= 15 is 0 Å². The van der Waals surface area contributed by atoms with Crippen LogP contribution < -0.4 is 11.1 Å². The Labute approximate surface area is 109 Å². The number of H-pyrrole nitrogens is 1. The maximum Gasteiger partial charge on any atom is 0.205 e. The Morgan fingerprint density at radius 3 is 2.95 bits per heavy atom. The third-order valence-electron chi connectivity index (χ3n) is 3.03. The number of nitrogens with two attached hydrogens (primary N) is 1. The lowest BCUT2D eigenvalue weighted by atomic mass is 10.2. The third-order valence-corrected chi connectivity index (χ3v) is 3.03. The van der Waals surface area contributed by atoms with Crippen LogP contribution in [0.1, 0.15) is 5.56 Å². The predicted molar refractivity (Wildman–Crippen MR) is 74.9 cm³/mol. The second-order valence-electron chi connectivity index (χ2n) is 4.40. The van der Waals surface area contributed by atoms with Crippen molar-refractivity contribution in [3.05, 3.63) is 47.8 Å². The van der Waals surface area contributed by atoms with Crippen molar-refractivity contribution in [2.24, 2.45) is 0 Å². The van der Waals surface area contributed by atoms with E-state index in [-0.39, 0.29) is 5.82 Å². The van der Waals surface area contributed by atoms with Crippen LogP contribution in [0.15, 0.2) is 36.4 Å². The molecule has 0 amide bonds. The van der Waals surface area contributed by atoms with Crippen molar-refractivity contribution in [2.45, 2.75) is 6.92 Å². The lowest BCUT2D eigenvalue weighted by molar-refractivity contribution is 0.619.